The fraction of sp³-hybridized carbons (Fsp3) is 0.667. The van der Waals surface area contributed by atoms with Gasteiger partial charge in [-0.25, -0.2) is 4.98 Å². The summed E-state index contributed by atoms with van der Waals surface area (Å²) >= 11 is 0. The second-order valence-electron chi connectivity index (χ2n) is 5.38. The van der Waals surface area contributed by atoms with Crippen LogP contribution in [0.1, 0.15) is 39.9 Å². The molecule has 15 heavy (non-hydrogen) atoms. The van der Waals surface area contributed by atoms with Gasteiger partial charge < -0.3 is 4.57 Å². The molecule has 0 aliphatic carbocycles. The Bertz CT molecular complexity index is 352. The summed E-state index contributed by atoms with van der Waals surface area (Å²) in [5.41, 5.74) is 0.340. The Morgan fingerprint density at radius 3 is 2.73 bits per heavy atom. The van der Waals surface area contributed by atoms with Crippen molar-refractivity contribution >= 4 is 0 Å². The molecule has 1 atom stereocenters. The first-order valence-corrected chi connectivity index (χ1v) is 5.33. The Morgan fingerprint density at radius 1 is 1.53 bits per heavy atom. The molecule has 1 aromatic heterocycles. The third kappa shape index (κ3) is 3.75. The van der Waals surface area contributed by atoms with Crippen molar-refractivity contribution in [3.05, 3.63) is 18.2 Å². The molecule has 0 amide bonds. The van der Waals surface area contributed by atoms with E-state index in [4.69, 9.17) is 5.26 Å². The van der Waals surface area contributed by atoms with Crippen LogP contribution in [0.4, 0.5) is 0 Å². The fourth-order valence-corrected chi connectivity index (χ4v) is 2.02. The summed E-state index contributed by atoms with van der Waals surface area (Å²) in [5, 5.41) is 8.82. The van der Waals surface area contributed by atoms with Crippen molar-refractivity contribution in [3.63, 3.8) is 0 Å². The van der Waals surface area contributed by atoms with Crippen LogP contribution in [0.15, 0.2) is 12.4 Å². The molecule has 0 N–H and O–H groups in total. The highest BCUT2D eigenvalue weighted by molar-refractivity contribution is 5.11. The molecule has 1 heterocycles. The van der Waals surface area contributed by atoms with Crippen molar-refractivity contribution in [2.75, 3.05) is 0 Å². The summed E-state index contributed by atoms with van der Waals surface area (Å²) in [5.74, 6) is 1.07. The number of nitriles is 1. The Kier molecular flexibility index (Phi) is 3.52. The molecule has 1 aromatic rings. The topological polar surface area (TPSA) is 41.6 Å². The van der Waals surface area contributed by atoms with Gasteiger partial charge in [0.1, 0.15) is 6.07 Å². The van der Waals surface area contributed by atoms with Gasteiger partial charge in [-0.1, -0.05) is 27.7 Å². The van der Waals surface area contributed by atoms with Gasteiger partial charge in [-0.15, -0.1) is 0 Å². The van der Waals surface area contributed by atoms with Gasteiger partial charge in [-0.2, -0.15) is 5.26 Å². The molecule has 82 valence electrons. The van der Waals surface area contributed by atoms with Crippen LogP contribution in [0.2, 0.25) is 0 Å². The van der Waals surface area contributed by atoms with Gasteiger partial charge in [0, 0.05) is 18.9 Å². The monoisotopic (exact) mass is 205 g/mol. The number of hydrogen-bond donors (Lipinski definition) is 0. The smallest absolute Gasteiger partial charge is 0.212 e. The van der Waals surface area contributed by atoms with Crippen LogP contribution in [-0.4, -0.2) is 9.55 Å². The molecular formula is C12H19N3. The van der Waals surface area contributed by atoms with Crippen LogP contribution in [0.25, 0.3) is 0 Å². The third-order valence-corrected chi connectivity index (χ3v) is 2.28. The molecular weight excluding hydrogens is 186 g/mol. The van der Waals surface area contributed by atoms with Crippen LogP contribution in [0, 0.1) is 22.7 Å². The Hall–Kier alpha value is -1.30. The number of nitrogens with zero attached hydrogens (tertiary/aromatic N) is 3. The van der Waals surface area contributed by atoms with E-state index in [1.54, 1.807) is 6.20 Å². The van der Waals surface area contributed by atoms with Crippen LogP contribution in [0.3, 0.4) is 0 Å². The minimum absolute atomic E-state index is 0.340. The minimum atomic E-state index is 0.340. The maximum Gasteiger partial charge on any atom is 0.212 e. The zero-order chi connectivity index (χ0) is 11.5. The highest BCUT2D eigenvalue weighted by Crippen LogP contribution is 2.25. The highest BCUT2D eigenvalue weighted by atomic mass is 15.1. The van der Waals surface area contributed by atoms with Gasteiger partial charge >= 0.3 is 0 Å². The fourth-order valence-electron chi connectivity index (χ4n) is 2.02. The summed E-state index contributed by atoms with van der Waals surface area (Å²) in [6.07, 6.45) is 4.70. The first kappa shape index (κ1) is 11.8. The van der Waals surface area contributed by atoms with Crippen LogP contribution in [-0.2, 0) is 6.54 Å². The molecule has 0 fully saturated rings. The Balaban J connectivity index is 2.60. The second-order valence-corrected chi connectivity index (χ2v) is 5.38. The summed E-state index contributed by atoms with van der Waals surface area (Å²) in [6, 6.07) is 2.10. The summed E-state index contributed by atoms with van der Waals surface area (Å²) in [4.78, 5) is 3.99. The van der Waals surface area contributed by atoms with Crippen molar-refractivity contribution < 1.29 is 0 Å². The molecule has 0 saturated carbocycles. The van der Waals surface area contributed by atoms with E-state index in [0.717, 1.165) is 13.0 Å². The van der Waals surface area contributed by atoms with Gasteiger partial charge in [-0.05, 0) is 17.8 Å². The SMILES string of the molecule is CC(Cn1ccnc1C#N)CC(C)(C)C. The molecule has 0 saturated heterocycles. The van der Waals surface area contributed by atoms with Crippen molar-refractivity contribution in [2.45, 2.75) is 40.7 Å². The van der Waals surface area contributed by atoms with Crippen molar-refractivity contribution in [2.24, 2.45) is 11.3 Å². The number of hydrogen-bond acceptors (Lipinski definition) is 2. The van der Waals surface area contributed by atoms with Crippen LogP contribution >= 0.6 is 0 Å². The molecule has 1 rings (SSSR count). The molecule has 0 aromatic carbocycles. The lowest BCUT2D eigenvalue weighted by molar-refractivity contribution is 0.285. The number of rotatable bonds is 3. The molecule has 0 aliphatic heterocycles. The van der Waals surface area contributed by atoms with Gasteiger partial charge in [0.15, 0.2) is 0 Å². The van der Waals surface area contributed by atoms with Crippen molar-refractivity contribution in [3.8, 4) is 6.07 Å². The lowest BCUT2D eigenvalue weighted by atomic mass is 9.85. The van der Waals surface area contributed by atoms with Gasteiger partial charge in [0.25, 0.3) is 0 Å². The first-order valence-electron chi connectivity index (χ1n) is 5.33. The summed E-state index contributed by atoms with van der Waals surface area (Å²) < 4.78 is 1.93. The quantitative estimate of drug-likeness (QED) is 0.761. The molecule has 1 unspecified atom stereocenters. The van der Waals surface area contributed by atoms with Crippen molar-refractivity contribution in [1.82, 2.24) is 9.55 Å². The maximum absolute atomic E-state index is 8.82. The summed E-state index contributed by atoms with van der Waals surface area (Å²) in [7, 11) is 0. The highest BCUT2D eigenvalue weighted by Gasteiger charge is 2.16. The molecule has 3 heteroatoms. The minimum Gasteiger partial charge on any atom is -0.322 e. The van der Waals surface area contributed by atoms with E-state index in [2.05, 4.69) is 38.7 Å². The average Bonchev–Trinajstić information content (AvgIpc) is 2.48. The van der Waals surface area contributed by atoms with Crippen LogP contribution in [0.5, 0.6) is 0 Å². The standard InChI is InChI=1S/C12H19N3/c1-10(7-12(2,3)4)9-15-6-5-14-11(15)8-13/h5-6,10H,7,9H2,1-4H3. The molecule has 0 aliphatic rings. The zero-order valence-electron chi connectivity index (χ0n) is 9.99. The van der Waals surface area contributed by atoms with Gasteiger partial charge in [-0.3, -0.25) is 0 Å². The van der Waals surface area contributed by atoms with E-state index in [1.807, 2.05) is 10.8 Å². The summed E-state index contributed by atoms with van der Waals surface area (Å²) in [6.45, 7) is 9.81. The Labute approximate surface area is 91.7 Å². The van der Waals surface area contributed by atoms with Gasteiger partial charge in [0.05, 0.1) is 0 Å². The normalized spacial score (nSPS) is 13.5. The number of aromatic nitrogens is 2. The van der Waals surface area contributed by atoms with E-state index >= 15 is 0 Å². The molecule has 3 nitrogen and oxygen atoms in total. The zero-order valence-corrected chi connectivity index (χ0v) is 9.99. The maximum atomic E-state index is 8.82. The lowest BCUT2D eigenvalue weighted by Gasteiger charge is -2.23. The van der Waals surface area contributed by atoms with E-state index in [9.17, 15) is 0 Å². The molecule has 0 spiro atoms. The predicted octanol–water partition coefficient (Wildman–Crippen LogP) is 2.83. The van der Waals surface area contributed by atoms with Gasteiger partial charge in [0.2, 0.25) is 5.82 Å². The lowest BCUT2D eigenvalue weighted by Crippen LogP contribution is -2.16. The van der Waals surface area contributed by atoms with Crippen LogP contribution < -0.4 is 0 Å². The largest absolute Gasteiger partial charge is 0.322 e. The number of imidazole rings is 1. The van der Waals surface area contributed by atoms with E-state index in [0.29, 0.717) is 17.2 Å². The third-order valence-electron chi connectivity index (χ3n) is 2.28. The van der Waals surface area contributed by atoms with E-state index < -0.39 is 0 Å². The van der Waals surface area contributed by atoms with E-state index in [1.165, 1.54) is 0 Å². The van der Waals surface area contributed by atoms with E-state index in [-0.39, 0.29) is 0 Å². The van der Waals surface area contributed by atoms with Crippen molar-refractivity contribution in [1.29, 1.82) is 5.26 Å². The molecule has 0 radical (unpaired) electrons. The Morgan fingerprint density at radius 2 is 2.20 bits per heavy atom. The average molecular weight is 205 g/mol. The second kappa shape index (κ2) is 4.48. The molecule has 0 bridgehead atoms. The predicted molar refractivity (Wildman–Crippen MR) is 60.2 cm³/mol. The first-order chi connectivity index (χ1) is 6.92.